The number of carbonyl (C=O) groups excluding carboxylic acids is 2. The Morgan fingerprint density at radius 1 is 0.767 bits per heavy atom. The third kappa shape index (κ3) is 8.45. The summed E-state index contributed by atoms with van der Waals surface area (Å²) in [7, 11) is 0. The number of furan rings is 1. The van der Waals surface area contributed by atoms with Crippen molar-refractivity contribution in [1.29, 1.82) is 0 Å². The number of rotatable bonds is 11. The lowest BCUT2D eigenvalue weighted by Gasteiger charge is -2.41. The predicted molar refractivity (Wildman–Crippen MR) is 165 cm³/mol. The molecule has 0 bridgehead atoms. The van der Waals surface area contributed by atoms with E-state index in [1.165, 1.54) is 11.1 Å². The van der Waals surface area contributed by atoms with Crippen LogP contribution in [-0.4, -0.2) is 47.9 Å². The largest absolute Gasteiger partial charge is 0.460 e. The van der Waals surface area contributed by atoms with E-state index in [-0.39, 0.29) is 37.5 Å². The van der Waals surface area contributed by atoms with Gasteiger partial charge in [0, 0.05) is 44.6 Å². The number of esters is 1. The smallest absolute Gasteiger partial charge is 0.306 e. The molecule has 2 heterocycles. The Kier molecular flexibility index (Phi) is 10.4. The average molecular weight is 576 g/mol. The zero-order valence-corrected chi connectivity index (χ0v) is 24.2. The minimum atomic E-state index is -0.428. The van der Waals surface area contributed by atoms with E-state index in [0.717, 1.165) is 37.5 Å². The van der Waals surface area contributed by atoms with Crippen LogP contribution in [0.4, 0.5) is 0 Å². The molecule has 7 heteroatoms. The summed E-state index contributed by atoms with van der Waals surface area (Å²) in [5.41, 5.74) is 8.65. The predicted octanol–water partition coefficient (Wildman–Crippen LogP) is 5.48. The first-order valence-electron chi connectivity index (χ1n) is 14.7. The summed E-state index contributed by atoms with van der Waals surface area (Å²) >= 11 is 0. The first kappa shape index (κ1) is 29.8. The molecule has 5 rings (SSSR count). The molecule has 4 aromatic rings. The van der Waals surface area contributed by atoms with Gasteiger partial charge in [-0.25, -0.2) is 0 Å². The Balaban J connectivity index is 1.30. The molecule has 1 atom stereocenters. The molecular formula is C36H37N3O4. The summed E-state index contributed by atoms with van der Waals surface area (Å²) in [5, 5.41) is 0. The summed E-state index contributed by atoms with van der Waals surface area (Å²) in [4.78, 5) is 27.9. The van der Waals surface area contributed by atoms with E-state index in [2.05, 4.69) is 82.3 Å². The van der Waals surface area contributed by atoms with Gasteiger partial charge in [-0.3, -0.25) is 19.4 Å². The quantitative estimate of drug-likeness (QED) is 0.188. The molecule has 1 aromatic heterocycles. The number of nitrogens with two attached hydrogens (primary N) is 1. The molecule has 3 aromatic carbocycles. The molecule has 2 N–H and O–H groups in total. The number of benzene rings is 3. The fraction of sp³-hybridized carbons (Fsp3) is 0.278. The molecular weight excluding hydrogens is 538 g/mol. The zero-order chi connectivity index (χ0) is 29.9. The molecule has 0 radical (unpaired) electrons. The third-order valence-electron chi connectivity index (χ3n) is 7.57. The summed E-state index contributed by atoms with van der Waals surface area (Å²) in [6.45, 7) is 3.39. The van der Waals surface area contributed by atoms with Crippen LogP contribution in [0.25, 0.3) is 0 Å². The minimum absolute atomic E-state index is 0.0256. The maximum absolute atomic E-state index is 12.1. The fourth-order valence-corrected chi connectivity index (χ4v) is 5.40. The van der Waals surface area contributed by atoms with Crippen molar-refractivity contribution in [2.24, 2.45) is 5.73 Å². The second-order valence-electron chi connectivity index (χ2n) is 10.6. The Morgan fingerprint density at radius 3 is 1.95 bits per heavy atom. The van der Waals surface area contributed by atoms with Crippen LogP contribution in [0.2, 0.25) is 0 Å². The number of ether oxygens (including phenoxy) is 1. The third-order valence-corrected chi connectivity index (χ3v) is 7.57. The Labute approximate surface area is 253 Å². The highest BCUT2D eigenvalue weighted by Crippen LogP contribution is 2.31. The van der Waals surface area contributed by atoms with Gasteiger partial charge in [0.15, 0.2) is 0 Å². The van der Waals surface area contributed by atoms with E-state index in [0.29, 0.717) is 12.2 Å². The van der Waals surface area contributed by atoms with Gasteiger partial charge in [-0.05, 0) is 41.8 Å². The molecule has 1 fully saturated rings. The number of hydrogen-bond donors (Lipinski definition) is 1. The van der Waals surface area contributed by atoms with Crippen LogP contribution in [0, 0.1) is 11.8 Å². The van der Waals surface area contributed by atoms with Gasteiger partial charge in [-0.15, -0.1) is 0 Å². The van der Waals surface area contributed by atoms with Gasteiger partial charge in [0.1, 0.15) is 24.2 Å². The summed E-state index contributed by atoms with van der Waals surface area (Å²) in [6, 6.07) is 34.9. The van der Waals surface area contributed by atoms with Gasteiger partial charge in [0.2, 0.25) is 5.91 Å². The maximum Gasteiger partial charge on any atom is 0.306 e. The number of amides is 1. The van der Waals surface area contributed by atoms with Gasteiger partial charge in [0.25, 0.3) is 0 Å². The van der Waals surface area contributed by atoms with Crippen LogP contribution in [0.15, 0.2) is 108 Å². The molecule has 0 saturated carbocycles. The molecule has 1 aliphatic heterocycles. The van der Waals surface area contributed by atoms with Crippen molar-refractivity contribution in [1.82, 2.24) is 9.80 Å². The van der Waals surface area contributed by atoms with E-state index in [9.17, 15) is 9.59 Å². The van der Waals surface area contributed by atoms with Crippen LogP contribution in [-0.2, 0) is 20.9 Å². The highest BCUT2D eigenvalue weighted by molar-refractivity contribution is 5.75. The van der Waals surface area contributed by atoms with Crippen molar-refractivity contribution in [2.75, 3.05) is 26.2 Å². The molecule has 1 aliphatic rings. The number of carbonyl (C=O) groups is 2. The van der Waals surface area contributed by atoms with Crippen molar-refractivity contribution < 1.29 is 18.7 Å². The molecule has 7 nitrogen and oxygen atoms in total. The Hall–Kier alpha value is -4.64. The standard InChI is InChI=1S/C36H37N3O4/c37-34(40)17-10-18-35(41)42-27-31-20-22-33(43-31)32(21-19-28-11-4-1-5-12-28)38-23-25-39(26-24-38)36(29-13-6-2-7-14-29)30-15-8-3-9-16-30/h1-9,11-16,20,22,32,36H,10,17-18,23-27H2,(H2,37,40). The van der Waals surface area contributed by atoms with Crippen LogP contribution < -0.4 is 5.73 Å². The van der Waals surface area contributed by atoms with Crippen LogP contribution in [0.3, 0.4) is 0 Å². The first-order valence-corrected chi connectivity index (χ1v) is 14.7. The summed E-state index contributed by atoms with van der Waals surface area (Å²) in [5.74, 6) is 7.25. The van der Waals surface area contributed by atoms with Crippen molar-refractivity contribution in [3.05, 3.63) is 131 Å². The first-order chi connectivity index (χ1) is 21.1. The molecule has 1 amide bonds. The fourth-order valence-electron chi connectivity index (χ4n) is 5.40. The number of hydrogen-bond acceptors (Lipinski definition) is 6. The van der Waals surface area contributed by atoms with E-state index in [4.69, 9.17) is 14.9 Å². The highest BCUT2D eigenvalue weighted by Gasteiger charge is 2.30. The molecule has 0 spiro atoms. The van der Waals surface area contributed by atoms with Gasteiger partial charge < -0.3 is 14.9 Å². The molecule has 1 saturated heterocycles. The van der Waals surface area contributed by atoms with Gasteiger partial charge in [-0.2, -0.15) is 0 Å². The number of piperazine rings is 1. The highest BCUT2D eigenvalue weighted by atomic mass is 16.5. The SMILES string of the molecule is NC(=O)CCCC(=O)OCc1ccc(C(C#Cc2ccccc2)N2CCN(C(c3ccccc3)c3ccccc3)CC2)o1. The monoisotopic (exact) mass is 575 g/mol. The molecule has 0 aliphatic carbocycles. The van der Waals surface area contributed by atoms with Gasteiger partial charge in [-0.1, -0.05) is 90.7 Å². The van der Waals surface area contributed by atoms with E-state index in [1.54, 1.807) is 0 Å². The van der Waals surface area contributed by atoms with Crippen LogP contribution in [0.1, 0.15) is 59.6 Å². The number of nitrogens with zero attached hydrogens (tertiary/aromatic N) is 2. The minimum Gasteiger partial charge on any atom is -0.460 e. The lowest BCUT2D eigenvalue weighted by Crippen LogP contribution is -2.48. The van der Waals surface area contributed by atoms with Crippen molar-refractivity contribution in [3.63, 3.8) is 0 Å². The molecule has 43 heavy (non-hydrogen) atoms. The lowest BCUT2D eigenvalue weighted by atomic mass is 9.96. The summed E-state index contributed by atoms with van der Waals surface area (Å²) in [6.07, 6.45) is 0.668. The maximum atomic E-state index is 12.1. The van der Waals surface area contributed by atoms with Crippen LogP contribution >= 0.6 is 0 Å². The van der Waals surface area contributed by atoms with Crippen molar-refractivity contribution in [2.45, 2.75) is 38.0 Å². The van der Waals surface area contributed by atoms with Gasteiger partial charge in [0.05, 0.1) is 6.04 Å². The molecule has 220 valence electrons. The topological polar surface area (TPSA) is 89.0 Å². The average Bonchev–Trinajstić information content (AvgIpc) is 3.51. The second-order valence-corrected chi connectivity index (χ2v) is 10.6. The zero-order valence-electron chi connectivity index (χ0n) is 24.2. The van der Waals surface area contributed by atoms with E-state index in [1.807, 2.05) is 42.5 Å². The van der Waals surface area contributed by atoms with Crippen LogP contribution in [0.5, 0.6) is 0 Å². The molecule has 1 unspecified atom stereocenters. The lowest BCUT2D eigenvalue weighted by molar-refractivity contribution is -0.145. The van der Waals surface area contributed by atoms with E-state index >= 15 is 0 Å². The normalized spacial score (nSPS) is 14.5. The van der Waals surface area contributed by atoms with Gasteiger partial charge >= 0.3 is 5.97 Å². The van der Waals surface area contributed by atoms with E-state index < -0.39 is 5.91 Å². The Bertz CT molecular complexity index is 1480. The van der Waals surface area contributed by atoms with Crippen molar-refractivity contribution in [3.8, 4) is 11.8 Å². The second kappa shape index (κ2) is 15.0. The summed E-state index contributed by atoms with van der Waals surface area (Å²) < 4.78 is 11.5. The number of primary amides is 1. The Morgan fingerprint density at radius 2 is 1.35 bits per heavy atom. The van der Waals surface area contributed by atoms with Crippen molar-refractivity contribution >= 4 is 11.9 Å².